The minimum absolute atomic E-state index is 0.116. The topological polar surface area (TPSA) is 110 Å². The van der Waals surface area contributed by atoms with Crippen LogP contribution in [0.2, 0.25) is 10.0 Å². The number of aromatic nitrogens is 4. The molecule has 0 unspecified atom stereocenters. The highest BCUT2D eigenvalue weighted by Gasteiger charge is 2.37. The molecule has 200 valence electrons. The average Bonchev–Trinajstić information content (AvgIpc) is 3.23. The van der Waals surface area contributed by atoms with Gasteiger partial charge in [-0.1, -0.05) is 37.0 Å². The lowest BCUT2D eigenvalue weighted by Gasteiger charge is -2.47. The summed E-state index contributed by atoms with van der Waals surface area (Å²) < 4.78 is 37.3. The number of ether oxygens (including phenoxy) is 2. The molecule has 0 bridgehead atoms. The number of aromatic amines is 1. The van der Waals surface area contributed by atoms with E-state index in [1.165, 1.54) is 18.6 Å². The van der Waals surface area contributed by atoms with Gasteiger partial charge in [0.15, 0.2) is 21.3 Å². The fourth-order valence-corrected chi connectivity index (χ4v) is 6.30. The molecule has 0 radical (unpaired) electrons. The standard InChI is InChI=1S/C26H27Cl2N5O4S/c1-14(23-17(27)10-29-11-18(23)28)37-21-7-16-19(8-20(21)36-4)31-32-24(16)15-6-22(38(5,34)35)25(30-9-15)33-12-26(2,3)13-33/h6-11,14H,12-13H2,1-5H3,(H,31,32)/t14-/m1/s1. The van der Waals surface area contributed by atoms with Gasteiger partial charge in [0, 0.05) is 60.5 Å². The van der Waals surface area contributed by atoms with Crippen LogP contribution in [0.1, 0.15) is 32.4 Å². The van der Waals surface area contributed by atoms with Crippen LogP contribution in [0.5, 0.6) is 11.5 Å². The van der Waals surface area contributed by atoms with Gasteiger partial charge < -0.3 is 14.4 Å². The van der Waals surface area contributed by atoms with Crippen molar-refractivity contribution in [2.24, 2.45) is 5.41 Å². The molecule has 3 aromatic heterocycles. The first-order valence-electron chi connectivity index (χ1n) is 11.8. The summed E-state index contributed by atoms with van der Waals surface area (Å²) in [5.74, 6) is 1.38. The number of hydrogen-bond donors (Lipinski definition) is 1. The smallest absolute Gasteiger partial charge is 0.179 e. The van der Waals surface area contributed by atoms with E-state index >= 15 is 0 Å². The monoisotopic (exact) mass is 575 g/mol. The van der Waals surface area contributed by atoms with E-state index < -0.39 is 15.9 Å². The van der Waals surface area contributed by atoms with E-state index in [0.29, 0.717) is 55.1 Å². The molecule has 1 aliphatic rings. The zero-order chi connectivity index (χ0) is 27.4. The molecule has 12 heteroatoms. The highest BCUT2D eigenvalue weighted by atomic mass is 35.5. The minimum atomic E-state index is -3.55. The molecule has 4 heterocycles. The van der Waals surface area contributed by atoms with Crippen LogP contribution in [-0.2, 0) is 9.84 Å². The maximum absolute atomic E-state index is 12.7. The van der Waals surface area contributed by atoms with Gasteiger partial charge in [0.2, 0.25) is 0 Å². The molecule has 1 aliphatic heterocycles. The van der Waals surface area contributed by atoms with E-state index in [9.17, 15) is 8.42 Å². The Bertz CT molecular complexity index is 1630. The lowest BCUT2D eigenvalue weighted by Crippen LogP contribution is -2.53. The fourth-order valence-electron chi connectivity index (χ4n) is 4.77. The molecule has 0 spiro atoms. The van der Waals surface area contributed by atoms with Gasteiger partial charge >= 0.3 is 0 Å². The van der Waals surface area contributed by atoms with Crippen LogP contribution in [0.4, 0.5) is 5.82 Å². The second-order valence-corrected chi connectivity index (χ2v) is 13.0. The van der Waals surface area contributed by atoms with Gasteiger partial charge in [-0.2, -0.15) is 5.10 Å². The van der Waals surface area contributed by atoms with Gasteiger partial charge in [0.25, 0.3) is 0 Å². The maximum Gasteiger partial charge on any atom is 0.179 e. The normalized spacial score (nSPS) is 15.8. The summed E-state index contributed by atoms with van der Waals surface area (Å²) in [6, 6.07) is 5.19. The molecule has 5 rings (SSSR count). The number of hydrogen-bond acceptors (Lipinski definition) is 8. The third-order valence-electron chi connectivity index (χ3n) is 6.49. The van der Waals surface area contributed by atoms with Crippen LogP contribution >= 0.6 is 23.2 Å². The molecule has 0 saturated carbocycles. The zero-order valence-electron chi connectivity index (χ0n) is 21.5. The van der Waals surface area contributed by atoms with Crippen LogP contribution in [0.25, 0.3) is 22.2 Å². The van der Waals surface area contributed by atoms with E-state index in [1.807, 2.05) is 11.8 Å². The Morgan fingerprint density at radius 1 is 1.08 bits per heavy atom. The second-order valence-electron chi connectivity index (χ2n) is 10.2. The second kappa shape index (κ2) is 9.59. The van der Waals surface area contributed by atoms with E-state index in [0.717, 1.165) is 13.1 Å². The first-order valence-corrected chi connectivity index (χ1v) is 14.5. The molecule has 4 aromatic rings. The van der Waals surface area contributed by atoms with Crippen molar-refractivity contribution in [1.82, 2.24) is 20.2 Å². The first kappa shape index (κ1) is 26.5. The molecule has 38 heavy (non-hydrogen) atoms. The van der Waals surface area contributed by atoms with Crippen LogP contribution < -0.4 is 14.4 Å². The number of anilines is 1. The summed E-state index contributed by atoms with van der Waals surface area (Å²) in [4.78, 5) is 10.7. The number of methoxy groups -OCH3 is 1. The number of halogens is 2. The predicted molar refractivity (Wildman–Crippen MR) is 148 cm³/mol. The summed E-state index contributed by atoms with van der Waals surface area (Å²) in [6.45, 7) is 7.57. The molecule has 9 nitrogen and oxygen atoms in total. The quantitative estimate of drug-likeness (QED) is 0.297. The summed E-state index contributed by atoms with van der Waals surface area (Å²) in [6.07, 6.45) is 5.34. The van der Waals surface area contributed by atoms with Crippen molar-refractivity contribution >= 4 is 49.8 Å². The molecular weight excluding hydrogens is 549 g/mol. The van der Waals surface area contributed by atoms with Gasteiger partial charge in [-0.05, 0) is 24.5 Å². The van der Waals surface area contributed by atoms with Gasteiger partial charge in [0.1, 0.15) is 22.5 Å². The Labute approximate surface area is 231 Å². The number of sulfone groups is 1. The Balaban J connectivity index is 1.57. The van der Waals surface area contributed by atoms with Gasteiger partial charge in [-0.15, -0.1) is 0 Å². The maximum atomic E-state index is 12.7. The first-order chi connectivity index (χ1) is 17.9. The SMILES string of the molecule is COc1cc2[nH]nc(-c3cnc(N4CC(C)(C)C4)c(S(C)(=O)=O)c3)c2cc1O[C@H](C)c1c(Cl)cncc1Cl. The summed E-state index contributed by atoms with van der Waals surface area (Å²) >= 11 is 12.7. The minimum Gasteiger partial charge on any atom is -0.493 e. The third-order valence-corrected chi connectivity index (χ3v) is 8.19. The highest BCUT2D eigenvalue weighted by Crippen LogP contribution is 2.41. The fraction of sp³-hybridized carbons (Fsp3) is 0.346. The van der Waals surface area contributed by atoms with E-state index in [4.69, 9.17) is 32.7 Å². The van der Waals surface area contributed by atoms with E-state index in [-0.39, 0.29) is 10.3 Å². The van der Waals surface area contributed by atoms with Crippen molar-refractivity contribution in [3.63, 3.8) is 0 Å². The number of benzene rings is 1. The summed E-state index contributed by atoms with van der Waals surface area (Å²) in [5.41, 5.74) is 2.50. The largest absolute Gasteiger partial charge is 0.493 e. The lowest BCUT2D eigenvalue weighted by molar-refractivity contribution is 0.216. The molecule has 1 saturated heterocycles. The van der Waals surface area contributed by atoms with Gasteiger partial charge in [-0.25, -0.2) is 13.4 Å². The molecule has 1 aromatic carbocycles. The number of nitrogens with zero attached hydrogens (tertiary/aromatic N) is 4. The van der Waals surface area contributed by atoms with Crippen LogP contribution in [0, 0.1) is 5.41 Å². The molecule has 1 N–H and O–H groups in total. The highest BCUT2D eigenvalue weighted by molar-refractivity contribution is 7.90. The van der Waals surface area contributed by atoms with Crippen molar-refractivity contribution < 1.29 is 17.9 Å². The number of rotatable bonds is 7. The van der Waals surface area contributed by atoms with Crippen LogP contribution in [0.3, 0.4) is 0 Å². The lowest BCUT2D eigenvalue weighted by atomic mass is 9.84. The van der Waals surface area contributed by atoms with E-state index in [2.05, 4.69) is 34.0 Å². The van der Waals surface area contributed by atoms with Gasteiger partial charge in [-0.3, -0.25) is 10.1 Å². The van der Waals surface area contributed by atoms with Crippen molar-refractivity contribution in [1.29, 1.82) is 0 Å². The van der Waals surface area contributed by atoms with Crippen LogP contribution in [0.15, 0.2) is 41.7 Å². The molecule has 1 atom stereocenters. The molecule has 0 amide bonds. The Morgan fingerprint density at radius 3 is 2.37 bits per heavy atom. The van der Waals surface area contributed by atoms with E-state index in [1.54, 1.807) is 31.5 Å². The van der Waals surface area contributed by atoms with Crippen LogP contribution in [-0.4, -0.2) is 55.0 Å². The zero-order valence-corrected chi connectivity index (χ0v) is 23.9. The molecule has 0 aliphatic carbocycles. The van der Waals surface area contributed by atoms with Crippen molar-refractivity contribution in [3.05, 3.63) is 52.4 Å². The molecular formula is C26H27Cl2N5O4S. The Morgan fingerprint density at radius 2 is 1.76 bits per heavy atom. The number of nitrogens with one attached hydrogen (secondary N) is 1. The number of fused-ring (bicyclic) bond motifs is 1. The van der Waals surface area contributed by atoms with Crippen molar-refractivity contribution in [2.45, 2.75) is 31.8 Å². The van der Waals surface area contributed by atoms with Gasteiger partial charge in [0.05, 0.1) is 22.7 Å². The molecule has 1 fully saturated rings. The third kappa shape index (κ3) is 4.88. The number of H-pyrrole nitrogens is 1. The number of pyridine rings is 2. The summed E-state index contributed by atoms with van der Waals surface area (Å²) in [7, 11) is -2.01. The summed E-state index contributed by atoms with van der Waals surface area (Å²) in [5, 5.41) is 8.95. The Kier molecular flexibility index (Phi) is 6.69. The predicted octanol–water partition coefficient (Wildman–Crippen LogP) is 5.73. The Hall–Kier alpha value is -3.08. The van der Waals surface area contributed by atoms with Crippen molar-refractivity contribution in [3.8, 4) is 22.8 Å². The average molecular weight is 577 g/mol. The van der Waals surface area contributed by atoms with Crippen molar-refractivity contribution in [2.75, 3.05) is 31.4 Å².